The lowest BCUT2D eigenvalue weighted by Crippen LogP contribution is -2.32. The summed E-state index contributed by atoms with van der Waals surface area (Å²) < 4.78 is 0. The molecule has 0 aliphatic rings. The molecule has 0 heterocycles. The summed E-state index contributed by atoms with van der Waals surface area (Å²) in [4.78, 5) is 19.7. The molecule has 8 N–H and O–H groups in total. The maximum atomic E-state index is 9.91. The normalized spacial score (nSPS) is 13.3. The van der Waals surface area contributed by atoms with Crippen molar-refractivity contribution in [1.29, 1.82) is 0 Å². The van der Waals surface area contributed by atoms with Crippen LogP contribution < -0.4 is 17.2 Å². The summed E-state index contributed by atoms with van der Waals surface area (Å²) in [6.07, 6.45) is 0.838. The van der Waals surface area contributed by atoms with E-state index in [9.17, 15) is 9.59 Å². The third-order valence-corrected chi connectivity index (χ3v) is 1.55. The number of carboxylic acids is 2. The van der Waals surface area contributed by atoms with E-state index in [1.807, 2.05) is 0 Å². The smallest absolute Gasteiger partial charge is 0.320 e. The number of aliphatic carboxylic acids is 2. The average molecular weight is 221 g/mol. The van der Waals surface area contributed by atoms with Crippen LogP contribution in [0, 0.1) is 0 Å². The minimum Gasteiger partial charge on any atom is -0.480 e. The highest BCUT2D eigenvalue weighted by atomic mass is 16.4. The summed E-state index contributed by atoms with van der Waals surface area (Å²) in [5.74, 6) is -1.92. The monoisotopic (exact) mass is 221 g/mol. The van der Waals surface area contributed by atoms with E-state index in [1.54, 1.807) is 6.92 Å². The highest BCUT2D eigenvalue weighted by Gasteiger charge is 2.08. The standard InChI is InChI=1S/C4H10N2O2.C4H9NO2/c5-2-1-3(6)4(7)8;1-2-3(5)4(6)7/h3H,1-2,5-6H2,(H,7,8);3H,2,5H2,1H3,(H,6,7). The van der Waals surface area contributed by atoms with Crippen LogP contribution in [0.5, 0.6) is 0 Å². The zero-order valence-corrected chi connectivity index (χ0v) is 8.72. The van der Waals surface area contributed by atoms with E-state index in [4.69, 9.17) is 27.4 Å². The number of carboxylic acid groups (broad SMARTS) is 2. The molecule has 0 aliphatic carbocycles. The molecule has 90 valence electrons. The molecule has 0 saturated heterocycles. The van der Waals surface area contributed by atoms with E-state index in [1.165, 1.54) is 0 Å². The van der Waals surface area contributed by atoms with Gasteiger partial charge in [0.05, 0.1) is 0 Å². The van der Waals surface area contributed by atoms with Crippen molar-refractivity contribution < 1.29 is 19.8 Å². The van der Waals surface area contributed by atoms with Crippen LogP contribution in [0.3, 0.4) is 0 Å². The average Bonchev–Trinajstić information content (AvgIpc) is 2.17. The maximum Gasteiger partial charge on any atom is 0.320 e. The second-order valence-electron chi connectivity index (χ2n) is 2.88. The minimum absolute atomic E-state index is 0.327. The van der Waals surface area contributed by atoms with Gasteiger partial charge in [-0.2, -0.15) is 0 Å². The molecule has 2 unspecified atom stereocenters. The van der Waals surface area contributed by atoms with Crippen molar-refractivity contribution in [1.82, 2.24) is 0 Å². The van der Waals surface area contributed by atoms with Crippen LogP contribution in [0.25, 0.3) is 0 Å². The third-order valence-electron chi connectivity index (χ3n) is 1.55. The molecular weight excluding hydrogens is 202 g/mol. The number of hydrogen-bond acceptors (Lipinski definition) is 5. The highest BCUT2D eigenvalue weighted by Crippen LogP contribution is 1.82. The number of hydrogen-bond donors (Lipinski definition) is 5. The van der Waals surface area contributed by atoms with E-state index >= 15 is 0 Å². The first-order chi connectivity index (χ1) is 6.86. The zero-order chi connectivity index (χ0) is 12.4. The summed E-state index contributed by atoms with van der Waals surface area (Å²) in [5, 5.41) is 16.2. The Morgan fingerprint density at radius 2 is 1.53 bits per heavy atom. The van der Waals surface area contributed by atoms with Crippen molar-refractivity contribution in [3.8, 4) is 0 Å². The van der Waals surface area contributed by atoms with Gasteiger partial charge in [0.1, 0.15) is 12.1 Å². The van der Waals surface area contributed by atoms with Gasteiger partial charge >= 0.3 is 11.9 Å². The molecule has 0 spiro atoms. The highest BCUT2D eigenvalue weighted by molar-refractivity contribution is 5.73. The Labute approximate surface area is 88.2 Å². The van der Waals surface area contributed by atoms with Gasteiger partial charge in [-0.3, -0.25) is 9.59 Å². The minimum atomic E-state index is -0.990. The van der Waals surface area contributed by atoms with E-state index in [2.05, 4.69) is 0 Å². The van der Waals surface area contributed by atoms with Crippen LogP contribution in [0.1, 0.15) is 19.8 Å². The molecule has 0 radical (unpaired) electrons. The Morgan fingerprint density at radius 3 is 1.60 bits per heavy atom. The van der Waals surface area contributed by atoms with Crippen LogP contribution >= 0.6 is 0 Å². The number of rotatable bonds is 5. The molecule has 7 nitrogen and oxygen atoms in total. The first-order valence-electron chi connectivity index (χ1n) is 4.53. The topological polar surface area (TPSA) is 153 Å². The van der Waals surface area contributed by atoms with Gasteiger partial charge in [-0.25, -0.2) is 0 Å². The molecule has 0 aliphatic heterocycles. The fraction of sp³-hybridized carbons (Fsp3) is 0.750. The van der Waals surface area contributed by atoms with Gasteiger partial charge in [0, 0.05) is 0 Å². The van der Waals surface area contributed by atoms with Crippen molar-refractivity contribution in [3.63, 3.8) is 0 Å². The largest absolute Gasteiger partial charge is 0.480 e. The Bertz CT molecular complexity index is 198. The fourth-order valence-electron chi connectivity index (χ4n) is 0.478. The number of carbonyl (C=O) groups is 2. The van der Waals surface area contributed by atoms with Crippen LogP contribution in [0.2, 0.25) is 0 Å². The van der Waals surface area contributed by atoms with E-state index < -0.39 is 24.0 Å². The maximum absolute atomic E-state index is 9.91. The molecule has 0 amide bonds. The van der Waals surface area contributed by atoms with Crippen LogP contribution in [0.4, 0.5) is 0 Å². The van der Waals surface area contributed by atoms with Gasteiger partial charge in [0.15, 0.2) is 0 Å². The van der Waals surface area contributed by atoms with Crippen LogP contribution in [-0.2, 0) is 9.59 Å². The van der Waals surface area contributed by atoms with Gasteiger partial charge in [-0.1, -0.05) is 6.92 Å². The van der Waals surface area contributed by atoms with Crippen molar-refractivity contribution in [2.45, 2.75) is 31.8 Å². The van der Waals surface area contributed by atoms with Crippen molar-refractivity contribution in [2.24, 2.45) is 17.2 Å². The summed E-state index contributed by atoms with van der Waals surface area (Å²) in [6.45, 7) is 2.06. The lowest BCUT2D eigenvalue weighted by atomic mass is 10.2. The van der Waals surface area contributed by atoms with Gasteiger partial charge < -0.3 is 27.4 Å². The Hall–Kier alpha value is -1.18. The zero-order valence-electron chi connectivity index (χ0n) is 8.72. The Morgan fingerprint density at radius 1 is 1.13 bits per heavy atom. The van der Waals surface area contributed by atoms with Gasteiger partial charge in [0.2, 0.25) is 0 Å². The summed E-state index contributed by atoms with van der Waals surface area (Å²) in [5.41, 5.74) is 15.1. The first kappa shape index (κ1) is 16.3. The molecule has 0 aromatic rings. The summed E-state index contributed by atoms with van der Waals surface area (Å²) >= 11 is 0. The molecule has 15 heavy (non-hydrogen) atoms. The van der Waals surface area contributed by atoms with Crippen molar-refractivity contribution in [2.75, 3.05) is 6.54 Å². The molecule has 0 rings (SSSR count). The molecule has 0 bridgehead atoms. The van der Waals surface area contributed by atoms with Crippen molar-refractivity contribution in [3.05, 3.63) is 0 Å². The quantitative estimate of drug-likeness (QED) is 0.381. The van der Waals surface area contributed by atoms with Gasteiger partial charge in [0.25, 0.3) is 0 Å². The Kier molecular flexibility index (Phi) is 10.2. The second kappa shape index (κ2) is 9.38. The van der Waals surface area contributed by atoms with Crippen molar-refractivity contribution >= 4 is 11.9 Å². The lowest BCUT2D eigenvalue weighted by molar-refractivity contribution is -0.139. The van der Waals surface area contributed by atoms with E-state index in [-0.39, 0.29) is 0 Å². The summed E-state index contributed by atoms with van der Waals surface area (Å²) in [6, 6.07) is -1.47. The molecule has 0 saturated carbocycles. The Balaban J connectivity index is 0. The molecule has 0 fully saturated rings. The first-order valence-corrected chi connectivity index (χ1v) is 4.53. The fourth-order valence-corrected chi connectivity index (χ4v) is 0.478. The third kappa shape index (κ3) is 10.7. The predicted molar refractivity (Wildman–Crippen MR) is 55.2 cm³/mol. The SMILES string of the molecule is CCC(N)C(=O)O.NCCC(N)C(=O)O. The number of nitrogens with two attached hydrogens (primary N) is 3. The molecule has 0 aromatic heterocycles. The van der Waals surface area contributed by atoms with Gasteiger partial charge in [-0.15, -0.1) is 0 Å². The molecular formula is C8H19N3O4. The second-order valence-corrected chi connectivity index (χ2v) is 2.88. The molecule has 2 atom stereocenters. The summed E-state index contributed by atoms with van der Waals surface area (Å²) in [7, 11) is 0. The van der Waals surface area contributed by atoms with Gasteiger partial charge in [-0.05, 0) is 19.4 Å². The lowest BCUT2D eigenvalue weighted by Gasteiger charge is -2.00. The molecule has 7 heteroatoms. The van der Waals surface area contributed by atoms with Crippen LogP contribution in [0.15, 0.2) is 0 Å². The predicted octanol–water partition coefficient (Wildman–Crippen LogP) is -1.44. The molecule has 0 aromatic carbocycles. The van der Waals surface area contributed by atoms with Crippen LogP contribution in [-0.4, -0.2) is 40.8 Å². The van der Waals surface area contributed by atoms with E-state index in [0.29, 0.717) is 19.4 Å². The van der Waals surface area contributed by atoms with E-state index in [0.717, 1.165) is 0 Å².